The Morgan fingerprint density at radius 1 is 1.50 bits per heavy atom. The Hall–Kier alpha value is -1.40. The van der Waals surface area contributed by atoms with E-state index in [4.69, 9.17) is 10.4 Å². The van der Waals surface area contributed by atoms with E-state index in [9.17, 15) is 9.90 Å². The van der Waals surface area contributed by atoms with Crippen LogP contribution in [0.2, 0.25) is 0 Å². The summed E-state index contributed by atoms with van der Waals surface area (Å²) in [7, 11) is 0. The van der Waals surface area contributed by atoms with Crippen LogP contribution in [0.5, 0.6) is 0 Å². The third kappa shape index (κ3) is 1.94. The third-order valence-electron chi connectivity index (χ3n) is 3.01. The predicted molar refractivity (Wildman–Crippen MR) is 55.1 cm³/mol. The number of hydrogen-bond donors (Lipinski definition) is 3. The average Bonchev–Trinajstić information content (AvgIpc) is 2.79. The minimum absolute atomic E-state index is 0.0940. The molecular formula is C10H15N3O3. The van der Waals surface area contributed by atoms with Crippen LogP contribution in [-0.4, -0.2) is 16.2 Å². The van der Waals surface area contributed by atoms with Gasteiger partial charge >= 0.3 is 0 Å². The topological polar surface area (TPSA) is 101 Å². The number of carbonyl (C=O) groups is 1. The smallest absolute Gasteiger partial charge is 0.287 e. The zero-order chi connectivity index (χ0) is 11.6. The molecular weight excluding hydrogens is 210 g/mol. The van der Waals surface area contributed by atoms with Gasteiger partial charge in [0.05, 0.1) is 0 Å². The molecule has 0 aromatic carbocycles. The second-order valence-electron chi connectivity index (χ2n) is 4.14. The van der Waals surface area contributed by atoms with E-state index >= 15 is 0 Å². The van der Waals surface area contributed by atoms with E-state index in [0.717, 1.165) is 19.3 Å². The van der Waals surface area contributed by atoms with E-state index in [1.807, 2.05) is 5.43 Å². The maximum Gasteiger partial charge on any atom is 0.287 e. The van der Waals surface area contributed by atoms with Gasteiger partial charge in [-0.3, -0.25) is 10.2 Å². The Bertz CT molecular complexity index is 382. The summed E-state index contributed by atoms with van der Waals surface area (Å²) in [6.07, 6.45) is 4.32. The Morgan fingerprint density at radius 3 is 2.81 bits per heavy atom. The molecule has 1 amide bonds. The molecule has 1 saturated carbocycles. The molecule has 0 radical (unpaired) electrons. The Labute approximate surface area is 92.8 Å². The quantitative estimate of drug-likeness (QED) is 0.385. The number of aliphatic hydroxyl groups is 1. The number of nitrogens with one attached hydrogen (secondary N) is 1. The van der Waals surface area contributed by atoms with Crippen molar-refractivity contribution in [2.75, 3.05) is 0 Å². The molecule has 6 nitrogen and oxygen atoms in total. The molecule has 0 saturated heterocycles. The third-order valence-corrected chi connectivity index (χ3v) is 3.01. The average molecular weight is 225 g/mol. The number of aromatic nitrogens is 1. The monoisotopic (exact) mass is 225 g/mol. The Morgan fingerprint density at radius 2 is 2.19 bits per heavy atom. The highest BCUT2D eigenvalue weighted by molar-refractivity contribution is 5.91. The maximum atomic E-state index is 11.2. The van der Waals surface area contributed by atoms with Crippen LogP contribution in [0, 0.1) is 0 Å². The van der Waals surface area contributed by atoms with E-state index < -0.39 is 11.5 Å². The lowest BCUT2D eigenvalue weighted by molar-refractivity contribution is -0.0241. The molecule has 0 bridgehead atoms. The normalized spacial score (nSPS) is 19.4. The fourth-order valence-corrected chi connectivity index (χ4v) is 2.06. The van der Waals surface area contributed by atoms with Gasteiger partial charge in [0, 0.05) is 6.07 Å². The lowest BCUT2D eigenvalue weighted by atomic mass is 9.83. The van der Waals surface area contributed by atoms with Gasteiger partial charge in [-0.1, -0.05) is 24.4 Å². The fraction of sp³-hybridized carbons (Fsp3) is 0.600. The fourth-order valence-electron chi connectivity index (χ4n) is 2.06. The molecule has 16 heavy (non-hydrogen) atoms. The molecule has 1 aromatic heterocycles. The molecule has 1 heterocycles. The van der Waals surface area contributed by atoms with Crippen molar-refractivity contribution >= 4 is 5.91 Å². The van der Waals surface area contributed by atoms with Crippen LogP contribution in [-0.2, 0) is 5.60 Å². The first-order valence-corrected chi connectivity index (χ1v) is 5.36. The maximum absolute atomic E-state index is 11.2. The summed E-state index contributed by atoms with van der Waals surface area (Å²) in [5.74, 6) is 4.81. The molecule has 1 aliphatic carbocycles. The molecule has 1 aromatic rings. The molecule has 6 heteroatoms. The number of nitrogens with zero attached hydrogens (tertiary/aromatic N) is 1. The van der Waals surface area contributed by atoms with Gasteiger partial charge in [-0.15, -0.1) is 0 Å². The summed E-state index contributed by atoms with van der Waals surface area (Å²) in [6.45, 7) is 0. The van der Waals surface area contributed by atoms with Crippen molar-refractivity contribution in [3.05, 3.63) is 17.5 Å². The summed E-state index contributed by atoms with van der Waals surface area (Å²) in [6, 6.07) is 1.45. The van der Waals surface area contributed by atoms with E-state index in [-0.39, 0.29) is 5.69 Å². The predicted octanol–water partition coefficient (Wildman–Crippen LogP) is 0.430. The summed E-state index contributed by atoms with van der Waals surface area (Å²) < 4.78 is 5.01. The number of nitrogen functional groups attached to an aromatic ring is 1. The zero-order valence-electron chi connectivity index (χ0n) is 8.90. The number of hydrazine groups is 1. The molecule has 4 N–H and O–H groups in total. The van der Waals surface area contributed by atoms with Gasteiger partial charge in [0.15, 0.2) is 11.5 Å². The van der Waals surface area contributed by atoms with Crippen LogP contribution in [0.15, 0.2) is 10.6 Å². The highest BCUT2D eigenvalue weighted by Gasteiger charge is 2.35. The summed E-state index contributed by atoms with van der Waals surface area (Å²) in [5.41, 5.74) is 1.09. The first kappa shape index (κ1) is 11.1. The Kier molecular flexibility index (Phi) is 2.93. The SMILES string of the molecule is NNC(=O)c1cc(C2(O)CCCCC2)on1. The van der Waals surface area contributed by atoms with Crippen LogP contribution >= 0.6 is 0 Å². The molecule has 0 unspecified atom stereocenters. The van der Waals surface area contributed by atoms with Crippen molar-refractivity contribution in [1.29, 1.82) is 0 Å². The number of hydrogen-bond acceptors (Lipinski definition) is 5. The minimum Gasteiger partial charge on any atom is -0.382 e. The Balaban J connectivity index is 2.20. The van der Waals surface area contributed by atoms with Crippen LogP contribution in [0.3, 0.4) is 0 Å². The van der Waals surface area contributed by atoms with Gasteiger partial charge in [-0.05, 0) is 12.8 Å². The number of rotatable bonds is 2. The molecule has 1 aliphatic rings. The number of carbonyl (C=O) groups excluding carboxylic acids is 1. The van der Waals surface area contributed by atoms with Crippen LogP contribution in [0.1, 0.15) is 48.4 Å². The standard InChI is InChI=1S/C10H15N3O3/c11-12-9(14)7-6-8(16-13-7)10(15)4-2-1-3-5-10/h6,15H,1-5,11H2,(H,12,14). The van der Waals surface area contributed by atoms with Crippen LogP contribution < -0.4 is 11.3 Å². The highest BCUT2D eigenvalue weighted by atomic mass is 16.5. The van der Waals surface area contributed by atoms with Crippen molar-refractivity contribution in [1.82, 2.24) is 10.6 Å². The van der Waals surface area contributed by atoms with Gasteiger partial charge in [0.25, 0.3) is 5.91 Å². The molecule has 1 fully saturated rings. The van der Waals surface area contributed by atoms with Crippen LogP contribution in [0.25, 0.3) is 0 Å². The zero-order valence-corrected chi connectivity index (χ0v) is 8.90. The van der Waals surface area contributed by atoms with Crippen LogP contribution in [0.4, 0.5) is 0 Å². The van der Waals surface area contributed by atoms with Gasteiger partial charge in [-0.25, -0.2) is 5.84 Å². The molecule has 0 aliphatic heterocycles. The summed E-state index contributed by atoms with van der Waals surface area (Å²) >= 11 is 0. The largest absolute Gasteiger partial charge is 0.382 e. The molecule has 0 spiro atoms. The van der Waals surface area contributed by atoms with Crippen molar-refractivity contribution in [2.24, 2.45) is 5.84 Å². The minimum atomic E-state index is -0.974. The second-order valence-corrected chi connectivity index (χ2v) is 4.14. The van der Waals surface area contributed by atoms with Crippen molar-refractivity contribution in [2.45, 2.75) is 37.7 Å². The molecule has 0 atom stereocenters. The lowest BCUT2D eigenvalue weighted by Crippen LogP contribution is -2.30. The first-order valence-electron chi connectivity index (χ1n) is 5.36. The van der Waals surface area contributed by atoms with Crippen molar-refractivity contribution in [3.63, 3.8) is 0 Å². The summed E-state index contributed by atoms with van der Waals surface area (Å²) in [5, 5.41) is 13.9. The second kappa shape index (κ2) is 4.23. The van der Waals surface area contributed by atoms with Gasteiger partial charge in [0.1, 0.15) is 5.60 Å². The van der Waals surface area contributed by atoms with Crippen molar-refractivity contribution in [3.8, 4) is 0 Å². The van der Waals surface area contributed by atoms with E-state index in [0.29, 0.717) is 18.6 Å². The van der Waals surface area contributed by atoms with Crippen molar-refractivity contribution < 1.29 is 14.4 Å². The van der Waals surface area contributed by atoms with Gasteiger partial charge in [0.2, 0.25) is 0 Å². The van der Waals surface area contributed by atoms with E-state index in [2.05, 4.69) is 5.16 Å². The van der Waals surface area contributed by atoms with E-state index in [1.165, 1.54) is 6.07 Å². The highest BCUT2D eigenvalue weighted by Crippen LogP contribution is 2.37. The molecule has 2 rings (SSSR count). The van der Waals surface area contributed by atoms with Gasteiger partial charge < -0.3 is 9.63 Å². The molecule has 88 valence electrons. The number of nitrogens with two attached hydrogens (primary N) is 1. The summed E-state index contributed by atoms with van der Waals surface area (Å²) in [4.78, 5) is 11.2. The number of amides is 1. The lowest BCUT2D eigenvalue weighted by Gasteiger charge is -2.29. The first-order chi connectivity index (χ1) is 7.65. The van der Waals surface area contributed by atoms with Gasteiger partial charge in [-0.2, -0.15) is 0 Å². The van der Waals surface area contributed by atoms with E-state index in [1.54, 1.807) is 0 Å².